The van der Waals surface area contributed by atoms with Gasteiger partial charge in [-0.2, -0.15) is 0 Å². The zero-order valence-corrected chi connectivity index (χ0v) is 34.4. The van der Waals surface area contributed by atoms with Crippen molar-refractivity contribution in [1.82, 2.24) is 5.32 Å². The fraction of sp³-hybridized carbons (Fsp3) is 0.851. The third-order valence-electron chi connectivity index (χ3n) is 10.3. The third-order valence-corrected chi connectivity index (χ3v) is 10.3. The van der Waals surface area contributed by atoms with E-state index in [0.717, 1.165) is 32.1 Å². The summed E-state index contributed by atoms with van der Waals surface area (Å²) in [5.74, 6) is -0.0750. The lowest BCUT2D eigenvalue weighted by atomic mass is 10.0. The standard InChI is InChI=1S/C47H89NO3/c1-3-5-7-9-11-13-15-17-18-19-20-21-22-23-24-25-26-27-28-29-31-33-35-37-39-41-43-47(51)48-45(44-49)46(50)42-40-38-36-34-32-30-16-14-12-10-8-6-4-2/h23-24,32,34,40,42,45-46,49-50H,3-22,25-31,33,35-39,41,43-44H2,1-2H3,(H,48,51)/b24-23-,34-32+,42-40+. The minimum Gasteiger partial charge on any atom is -0.394 e. The van der Waals surface area contributed by atoms with E-state index in [2.05, 4.69) is 43.5 Å². The lowest BCUT2D eigenvalue weighted by Crippen LogP contribution is -2.45. The van der Waals surface area contributed by atoms with E-state index >= 15 is 0 Å². The summed E-state index contributed by atoms with van der Waals surface area (Å²) in [6.45, 7) is 4.29. The Bertz CT molecular complexity index is 775. The predicted molar refractivity (Wildman–Crippen MR) is 225 cm³/mol. The smallest absolute Gasteiger partial charge is 0.220 e. The highest BCUT2D eigenvalue weighted by Gasteiger charge is 2.17. The molecule has 1 amide bonds. The van der Waals surface area contributed by atoms with E-state index in [0.29, 0.717) is 6.42 Å². The van der Waals surface area contributed by atoms with Gasteiger partial charge < -0.3 is 15.5 Å². The van der Waals surface area contributed by atoms with E-state index < -0.39 is 12.1 Å². The molecule has 0 saturated carbocycles. The van der Waals surface area contributed by atoms with Gasteiger partial charge in [0.05, 0.1) is 18.8 Å². The van der Waals surface area contributed by atoms with Crippen LogP contribution < -0.4 is 5.32 Å². The number of carbonyl (C=O) groups is 1. The van der Waals surface area contributed by atoms with Crippen molar-refractivity contribution >= 4 is 5.91 Å². The van der Waals surface area contributed by atoms with E-state index in [-0.39, 0.29) is 12.5 Å². The van der Waals surface area contributed by atoms with Gasteiger partial charge in [0.25, 0.3) is 0 Å². The van der Waals surface area contributed by atoms with Gasteiger partial charge in [0.1, 0.15) is 0 Å². The first-order valence-corrected chi connectivity index (χ1v) is 22.7. The fourth-order valence-electron chi connectivity index (χ4n) is 6.84. The van der Waals surface area contributed by atoms with Crippen LogP contribution in [0.25, 0.3) is 0 Å². The Kier molecular flexibility index (Phi) is 41.8. The molecule has 0 aliphatic carbocycles. The summed E-state index contributed by atoms with van der Waals surface area (Å²) in [6.07, 6.45) is 56.9. The Labute approximate surface area is 319 Å². The van der Waals surface area contributed by atoms with Crippen molar-refractivity contribution in [2.45, 2.75) is 251 Å². The molecule has 3 N–H and O–H groups in total. The number of rotatable bonds is 41. The number of allylic oxidation sites excluding steroid dienone is 5. The molecule has 0 aliphatic heterocycles. The molecule has 0 radical (unpaired) electrons. The van der Waals surface area contributed by atoms with Crippen LogP contribution in [0.15, 0.2) is 36.5 Å². The maximum Gasteiger partial charge on any atom is 0.220 e. The normalized spacial score (nSPS) is 13.3. The number of hydrogen-bond acceptors (Lipinski definition) is 3. The monoisotopic (exact) mass is 716 g/mol. The molecule has 51 heavy (non-hydrogen) atoms. The van der Waals surface area contributed by atoms with Gasteiger partial charge in [0, 0.05) is 6.42 Å². The zero-order chi connectivity index (χ0) is 37.1. The maximum absolute atomic E-state index is 12.4. The van der Waals surface area contributed by atoms with E-state index in [1.165, 1.54) is 186 Å². The number of aliphatic hydroxyl groups excluding tert-OH is 2. The molecule has 0 rings (SSSR count). The highest BCUT2D eigenvalue weighted by Crippen LogP contribution is 2.15. The summed E-state index contributed by atoms with van der Waals surface area (Å²) in [6, 6.07) is -0.637. The Morgan fingerprint density at radius 3 is 1.14 bits per heavy atom. The SMILES string of the molecule is CCCCCCCCC/C=C/CC/C=C/C(O)C(CO)NC(=O)CCCCCCCCCCCC/C=C\CCCCCCCCCCCCCC. The molecule has 0 heterocycles. The topological polar surface area (TPSA) is 69.6 Å². The van der Waals surface area contributed by atoms with Crippen LogP contribution in [0.1, 0.15) is 239 Å². The van der Waals surface area contributed by atoms with Crippen molar-refractivity contribution in [3.63, 3.8) is 0 Å². The summed E-state index contributed by atoms with van der Waals surface area (Å²) in [5.41, 5.74) is 0. The number of aliphatic hydroxyl groups is 2. The molecule has 0 aromatic rings. The summed E-state index contributed by atoms with van der Waals surface area (Å²) in [4.78, 5) is 12.4. The summed E-state index contributed by atoms with van der Waals surface area (Å²) in [5, 5.41) is 22.9. The van der Waals surface area contributed by atoms with Gasteiger partial charge in [-0.1, -0.05) is 211 Å². The van der Waals surface area contributed by atoms with Crippen molar-refractivity contribution in [2.75, 3.05) is 6.61 Å². The molecule has 4 nitrogen and oxygen atoms in total. The third kappa shape index (κ3) is 39.6. The lowest BCUT2D eigenvalue weighted by molar-refractivity contribution is -0.123. The first kappa shape index (κ1) is 49.6. The van der Waals surface area contributed by atoms with Crippen LogP contribution in [0.5, 0.6) is 0 Å². The molecule has 0 spiro atoms. The first-order chi connectivity index (χ1) is 25.2. The van der Waals surface area contributed by atoms with Crippen LogP contribution in [0.3, 0.4) is 0 Å². The van der Waals surface area contributed by atoms with Crippen LogP contribution in [0.4, 0.5) is 0 Å². The van der Waals surface area contributed by atoms with Crippen LogP contribution in [-0.4, -0.2) is 34.9 Å². The van der Waals surface area contributed by atoms with E-state index in [1.807, 2.05) is 6.08 Å². The molecule has 300 valence electrons. The number of unbranched alkanes of at least 4 members (excludes halogenated alkanes) is 30. The first-order valence-electron chi connectivity index (χ1n) is 22.7. The van der Waals surface area contributed by atoms with Crippen molar-refractivity contribution in [3.8, 4) is 0 Å². The molecule has 0 bridgehead atoms. The molecule has 4 heteroatoms. The minimum atomic E-state index is -0.860. The van der Waals surface area contributed by atoms with Gasteiger partial charge in [-0.3, -0.25) is 4.79 Å². The lowest BCUT2D eigenvalue weighted by Gasteiger charge is -2.19. The Balaban J connectivity index is 3.53. The summed E-state index contributed by atoms with van der Waals surface area (Å²) < 4.78 is 0. The second-order valence-corrected chi connectivity index (χ2v) is 15.5. The maximum atomic E-state index is 12.4. The van der Waals surface area contributed by atoms with Gasteiger partial charge in [-0.15, -0.1) is 0 Å². The zero-order valence-electron chi connectivity index (χ0n) is 34.4. The molecule has 2 unspecified atom stereocenters. The molecular weight excluding hydrogens is 627 g/mol. The number of amides is 1. The van der Waals surface area contributed by atoms with Gasteiger partial charge >= 0.3 is 0 Å². The molecule has 0 saturated heterocycles. The van der Waals surface area contributed by atoms with Crippen molar-refractivity contribution < 1.29 is 15.0 Å². The highest BCUT2D eigenvalue weighted by molar-refractivity contribution is 5.76. The minimum absolute atomic E-state index is 0.0750. The molecular formula is C47H89NO3. The van der Waals surface area contributed by atoms with Crippen LogP contribution in [0.2, 0.25) is 0 Å². The van der Waals surface area contributed by atoms with Gasteiger partial charge in [0.2, 0.25) is 5.91 Å². The van der Waals surface area contributed by atoms with Crippen molar-refractivity contribution in [3.05, 3.63) is 36.5 Å². The highest BCUT2D eigenvalue weighted by atomic mass is 16.3. The summed E-state index contributed by atoms with van der Waals surface area (Å²) in [7, 11) is 0. The molecule has 0 aromatic heterocycles. The van der Waals surface area contributed by atoms with E-state index in [9.17, 15) is 15.0 Å². The number of carbonyl (C=O) groups excluding carboxylic acids is 1. The van der Waals surface area contributed by atoms with Crippen molar-refractivity contribution in [1.29, 1.82) is 0 Å². The predicted octanol–water partition coefficient (Wildman–Crippen LogP) is 14.2. The molecule has 2 atom stereocenters. The molecule has 0 fully saturated rings. The average Bonchev–Trinajstić information content (AvgIpc) is 3.13. The Morgan fingerprint density at radius 1 is 0.451 bits per heavy atom. The second-order valence-electron chi connectivity index (χ2n) is 15.5. The van der Waals surface area contributed by atoms with E-state index in [1.54, 1.807) is 6.08 Å². The largest absolute Gasteiger partial charge is 0.394 e. The van der Waals surface area contributed by atoms with Crippen molar-refractivity contribution in [2.24, 2.45) is 0 Å². The van der Waals surface area contributed by atoms with Crippen LogP contribution >= 0.6 is 0 Å². The van der Waals surface area contributed by atoms with Gasteiger partial charge in [-0.25, -0.2) is 0 Å². The van der Waals surface area contributed by atoms with Gasteiger partial charge in [-0.05, 0) is 57.8 Å². The fourth-order valence-corrected chi connectivity index (χ4v) is 6.84. The van der Waals surface area contributed by atoms with Crippen LogP contribution in [0, 0.1) is 0 Å². The average molecular weight is 716 g/mol. The van der Waals surface area contributed by atoms with Crippen LogP contribution in [-0.2, 0) is 4.79 Å². The van der Waals surface area contributed by atoms with E-state index in [4.69, 9.17) is 0 Å². The second kappa shape index (κ2) is 43.0. The summed E-state index contributed by atoms with van der Waals surface area (Å²) >= 11 is 0. The number of nitrogens with one attached hydrogen (secondary N) is 1. The Morgan fingerprint density at radius 2 is 0.765 bits per heavy atom. The van der Waals surface area contributed by atoms with Gasteiger partial charge in [0.15, 0.2) is 0 Å². The quantitative estimate of drug-likeness (QED) is 0.0436. The molecule has 0 aliphatic rings. The Hall–Kier alpha value is -1.39. The number of hydrogen-bond donors (Lipinski definition) is 3. The molecule has 0 aromatic carbocycles.